The molecule has 0 fully saturated rings. The van der Waals surface area contributed by atoms with Gasteiger partial charge >= 0.3 is 5.97 Å². The molecule has 180 valence electrons. The van der Waals surface area contributed by atoms with Gasteiger partial charge in [-0.1, -0.05) is 35.3 Å². The second-order valence-electron chi connectivity index (χ2n) is 11.5. The highest BCUT2D eigenvalue weighted by molar-refractivity contribution is 6.55. The maximum Gasteiger partial charge on any atom is 0.337 e. The Morgan fingerprint density at radius 3 is 2.17 bits per heavy atom. The number of carbonyl (C=O) groups is 1. The molecule has 1 aliphatic heterocycles. The van der Waals surface area contributed by atoms with Gasteiger partial charge in [-0.05, 0) is 73.3 Å². The molecule has 11 heteroatoms. The van der Waals surface area contributed by atoms with Crippen molar-refractivity contribution in [1.29, 1.82) is 0 Å². The summed E-state index contributed by atoms with van der Waals surface area (Å²) in [5.41, 5.74) is 4.45. The molecule has 1 N–H and O–H groups in total. The lowest BCUT2D eigenvalue weighted by Crippen LogP contribution is -2.68. The molecule has 5 nitrogen and oxygen atoms in total. The summed E-state index contributed by atoms with van der Waals surface area (Å²) in [5.74, 6) is -1.03. The number of hydrogen-bond acceptors (Lipinski definition) is 3. The van der Waals surface area contributed by atoms with E-state index in [1.165, 1.54) is 0 Å². The van der Waals surface area contributed by atoms with Crippen molar-refractivity contribution in [2.24, 2.45) is 0 Å². The fourth-order valence-corrected chi connectivity index (χ4v) is 5.83. The number of likely N-dealkylation sites (N-methyl/N-ethyl adjacent to an activating group) is 1. The molecule has 1 aromatic heterocycles. The zero-order chi connectivity index (χ0) is 26.2. The van der Waals surface area contributed by atoms with E-state index < -0.39 is 17.7 Å². The molecule has 35 heavy (non-hydrogen) atoms. The van der Waals surface area contributed by atoms with Gasteiger partial charge in [-0.3, -0.25) is 0 Å². The zero-order valence-corrected chi connectivity index (χ0v) is 23.4. The standard InChI is InChI=1S/C24H30B4Cl2N2O3/c1-11-16(20(21(33)34)35-22(2,3)4)17(12-6-8-13(29)9-7-12)14-10-15(30)32-19(14)18(11)31(5)23(25,26)24(32,27)28/h6-10,20H,25-28H2,1-5H3,(H,33,34)/t20-/m0/s1. The van der Waals surface area contributed by atoms with Crippen molar-refractivity contribution in [2.75, 3.05) is 11.9 Å². The maximum atomic E-state index is 12.7. The van der Waals surface area contributed by atoms with Gasteiger partial charge in [-0.25, -0.2) is 4.79 Å². The third-order valence-corrected chi connectivity index (χ3v) is 8.33. The summed E-state index contributed by atoms with van der Waals surface area (Å²) in [5, 5.41) is 11.9. The zero-order valence-electron chi connectivity index (χ0n) is 21.9. The van der Waals surface area contributed by atoms with Crippen LogP contribution in [0.15, 0.2) is 30.3 Å². The van der Waals surface area contributed by atoms with E-state index >= 15 is 0 Å². The Morgan fingerprint density at radius 1 is 1.09 bits per heavy atom. The third kappa shape index (κ3) is 3.91. The molecule has 0 unspecified atom stereocenters. The van der Waals surface area contributed by atoms with Gasteiger partial charge in [-0.15, -0.1) is 0 Å². The van der Waals surface area contributed by atoms with Gasteiger partial charge in [0.15, 0.2) is 6.10 Å². The van der Waals surface area contributed by atoms with Crippen LogP contribution in [0.1, 0.15) is 38.0 Å². The summed E-state index contributed by atoms with van der Waals surface area (Å²) in [6, 6.07) is 9.44. The molecule has 4 rings (SSSR count). The number of aliphatic carboxylic acids is 1. The van der Waals surface area contributed by atoms with Gasteiger partial charge in [0.05, 0.1) is 16.8 Å². The van der Waals surface area contributed by atoms with E-state index in [2.05, 4.69) is 47.9 Å². The van der Waals surface area contributed by atoms with Crippen LogP contribution in [-0.2, 0) is 14.9 Å². The summed E-state index contributed by atoms with van der Waals surface area (Å²) in [6.07, 6.45) is -1.17. The van der Waals surface area contributed by atoms with Crippen LogP contribution in [0.5, 0.6) is 0 Å². The molecule has 3 aromatic rings. The second kappa shape index (κ2) is 8.29. The molecule has 2 aromatic carbocycles. The first-order valence-corrected chi connectivity index (χ1v) is 12.5. The lowest BCUT2D eigenvalue weighted by molar-refractivity contribution is -0.160. The molecular weight excluding hydrogens is 478 g/mol. The largest absolute Gasteiger partial charge is 0.479 e. The molecule has 0 saturated heterocycles. The van der Waals surface area contributed by atoms with Crippen LogP contribution < -0.4 is 4.90 Å². The van der Waals surface area contributed by atoms with Crippen LogP contribution in [0.2, 0.25) is 10.2 Å². The van der Waals surface area contributed by atoms with Crippen LogP contribution in [-0.4, -0.2) is 65.0 Å². The number of carboxylic acids is 1. The van der Waals surface area contributed by atoms with Crippen molar-refractivity contribution in [3.63, 3.8) is 0 Å². The Bertz CT molecular complexity index is 1350. The smallest absolute Gasteiger partial charge is 0.337 e. The van der Waals surface area contributed by atoms with E-state index in [1.54, 1.807) is 0 Å². The number of nitrogens with zero attached hydrogens (tertiary/aromatic N) is 2. The number of ether oxygens (including phenoxy) is 1. The minimum atomic E-state index is -1.17. The molecule has 0 spiro atoms. The Balaban J connectivity index is 2.24. The fourth-order valence-electron chi connectivity index (χ4n) is 5.30. The molecule has 0 aliphatic carbocycles. The minimum absolute atomic E-state index is 0.316. The average molecular weight is 509 g/mol. The van der Waals surface area contributed by atoms with Crippen molar-refractivity contribution >= 4 is 77.1 Å². The lowest BCUT2D eigenvalue weighted by Gasteiger charge is -2.56. The van der Waals surface area contributed by atoms with Crippen molar-refractivity contribution < 1.29 is 14.6 Å². The Kier molecular flexibility index (Phi) is 6.19. The maximum absolute atomic E-state index is 12.7. The van der Waals surface area contributed by atoms with Gasteiger partial charge < -0.3 is 19.3 Å². The molecule has 0 bridgehead atoms. The fraction of sp³-hybridized carbons (Fsp3) is 0.375. The van der Waals surface area contributed by atoms with Crippen molar-refractivity contribution in [3.05, 3.63) is 51.6 Å². The predicted molar refractivity (Wildman–Crippen MR) is 157 cm³/mol. The van der Waals surface area contributed by atoms with Gasteiger partial charge in [0.2, 0.25) is 0 Å². The monoisotopic (exact) mass is 508 g/mol. The van der Waals surface area contributed by atoms with Crippen LogP contribution in [0.4, 0.5) is 5.69 Å². The van der Waals surface area contributed by atoms with Crippen molar-refractivity contribution in [3.8, 4) is 11.1 Å². The van der Waals surface area contributed by atoms with Gasteiger partial charge in [0.25, 0.3) is 0 Å². The number of aromatic nitrogens is 1. The van der Waals surface area contributed by atoms with E-state index in [9.17, 15) is 9.90 Å². The SMILES string of the molecule is BC1(B)N(C)c2c(C)c([C@H](OC(C)(C)C)C(=O)O)c(-c3ccc(Cl)cc3)c3cc(Cl)n(c23)C1(B)B. The summed E-state index contributed by atoms with van der Waals surface area (Å²) in [4.78, 5) is 15.0. The lowest BCUT2D eigenvalue weighted by atomic mass is 9.37. The summed E-state index contributed by atoms with van der Waals surface area (Å²) < 4.78 is 8.39. The van der Waals surface area contributed by atoms with Crippen LogP contribution in [0, 0.1) is 6.92 Å². The number of anilines is 1. The van der Waals surface area contributed by atoms with Crippen LogP contribution in [0.25, 0.3) is 22.0 Å². The van der Waals surface area contributed by atoms with E-state index in [0.29, 0.717) is 15.7 Å². The molecule has 1 aliphatic rings. The van der Waals surface area contributed by atoms with Crippen LogP contribution >= 0.6 is 23.2 Å². The minimum Gasteiger partial charge on any atom is -0.479 e. The summed E-state index contributed by atoms with van der Waals surface area (Å²) >= 11 is 13.2. The van der Waals surface area contributed by atoms with Crippen LogP contribution in [0.3, 0.4) is 0 Å². The quantitative estimate of drug-likeness (QED) is 0.549. The molecule has 0 radical (unpaired) electrons. The van der Waals surface area contributed by atoms with Gasteiger partial charge in [0.1, 0.15) is 36.5 Å². The van der Waals surface area contributed by atoms with E-state index in [1.807, 2.05) is 58.0 Å². The third-order valence-electron chi connectivity index (χ3n) is 7.80. The van der Waals surface area contributed by atoms with Crippen molar-refractivity contribution in [2.45, 2.75) is 50.1 Å². The Labute approximate surface area is 220 Å². The molecule has 1 atom stereocenters. The molecule has 0 saturated carbocycles. The number of halogens is 2. The summed E-state index contributed by atoms with van der Waals surface area (Å²) in [6.45, 7) is 7.59. The number of benzene rings is 2. The highest BCUT2D eigenvalue weighted by Gasteiger charge is 2.48. The number of carboxylic acid groups (broad SMARTS) is 1. The molecule has 2 heterocycles. The summed E-state index contributed by atoms with van der Waals surface area (Å²) in [7, 11) is 10.8. The Hall–Kier alpha value is -1.95. The first-order valence-electron chi connectivity index (χ1n) is 11.8. The number of rotatable bonds is 4. The van der Waals surface area contributed by atoms with E-state index in [0.717, 1.165) is 33.3 Å². The first kappa shape index (κ1) is 26.1. The van der Waals surface area contributed by atoms with E-state index in [-0.39, 0.29) is 10.7 Å². The predicted octanol–water partition coefficient (Wildman–Crippen LogP) is 2.11. The second-order valence-corrected chi connectivity index (χ2v) is 12.3. The molecule has 0 amide bonds. The number of hydrogen-bond donors (Lipinski definition) is 1. The van der Waals surface area contributed by atoms with E-state index in [4.69, 9.17) is 27.9 Å². The highest BCUT2D eigenvalue weighted by atomic mass is 35.5. The first-order chi connectivity index (χ1) is 16.0. The average Bonchev–Trinajstić information content (AvgIpc) is 3.07. The normalized spacial score (nSPS) is 17.5. The van der Waals surface area contributed by atoms with Crippen molar-refractivity contribution in [1.82, 2.24) is 4.57 Å². The molecular formula is C24H30B4Cl2N2O3. The van der Waals surface area contributed by atoms with Gasteiger partial charge in [0, 0.05) is 23.0 Å². The van der Waals surface area contributed by atoms with Gasteiger partial charge in [-0.2, -0.15) is 0 Å². The highest BCUT2D eigenvalue weighted by Crippen LogP contribution is 2.52. The Morgan fingerprint density at radius 2 is 1.66 bits per heavy atom. The topological polar surface area (TPSA) is 54.7 Å².